The number of carbonyl (C=O) groups excluding carboxylic acids is 1. The number of imidazole rings is 1. The first-order valence-electron chi connectivity index (χ1n) is 5.52. The van der Waals surface area contributed by atoms with E-state index in [2.05, 4.69) is 4.98 Å². The number of hydrogen-bond acceptors (Lipinski definition) is 3. The number of hydrogen-bond donors (Lipinski definition) is 0. The molecule has 0 amide bonds. The van der Waals surface area contributed by atoms with E-state index in [-0.39, 0.29) is 18.4 Å². The highest BCUT2D eigenvalue weighted by Gasteiger charge is 2.13. The Hall–Kier alpha value is -1.26. The van der Waals surface area contributed by atoms with Crippen LogP contribution in [0.25, 0.3) is 11.0 Å². The van der Waals surface area contributed by atoms with Crippen molar-refractivity contribution in [3.63, 3.8) is 0 Å². The molecule has 1 heterocycles. The summed E-state index contributed by atoms with van der Waals surface area (Å²) >= 11 is 11.7. The van der Waals surface area contributed by atoms with Crippen molar-refractivity contribution < 1.29 is 9.53 Å². The number of esters is 1. The van der Waals surface area contributed by atoms with Crippen LogP contribution in [-0.2, 0) is 22.0 Å². The number of fused-ring (bicyclic) bond motifs is 1. The van der Waals surface area contributed by atoms with E-state index in [4.69, 9.17) is 27.9 Å². The second kappa shape index (κ2) is 5.59. The Morgan fingerprint density at radius 2 is 2.28 bits per heavy atom. The molecule has 2 aromatic rings. The van der Waals surface area contributed by atoms with Gasteiger partial charge < -0.3 is 9.30 Å². The summed E-state index contributed by atoms with van der Waals surface area (Å²) in [7, 11) is 0. The van der Waals surface area contributed by atoms with Crippen molar-refractivity contribution in [2.24, 2.45) is 0 Å². The molecule has 18 heavy (non-hydrogen) atoms. The van der Waals surface area contributed by atoms with E-state index in [0.29, 0.717) is 17.5 Å². The van der Waals surface area contributed by atoms with Gasteiger partial charge in [0.2, 0.25) is 0 Å². The summed E-state index contributed by atoms with van der Waals surface area (Å²) in [5.41, 5.74) is 1.55. The van der Waals surface area contributed by atoms with Crippen LogP contribution in [0.1, 0.15) is 12.7 Å². The smallest absolute Gasteiger partial charge is 0.326 e. The molecule has 2 rings (SSSR count). The first-order chi connectivity index (χ1) is 8.65. The summed E-state index contributed by atoms with van der Waals surface area (Å²) in [5, 5.41) is 0.601. The van der Waals surface area contributed by atoms with Crippen molar-refractivity contribution in [3.8, 4) is 0 Å². The average molecular weight is 287 g/mol. The highest BCUT2D eigenvalue weighted by molar-refractivity contribution is 6.31. The van der Waals surface area contributed by atoms with Crippen LogP contribution in [-0.4, -0.2) is 22.1 Å². The minimum absolute atomic E-state index is 0.105. The third-order valence-corrected chi connectivity index (χ3v) is 2.98. The van der Waals surface area contributed by atoms with Crippen LogP contribution < -0.4 is 0 Å². The lowest BCUT2D eigenvalue weighted by atomic mass is 10.3. The van der Waals surface area contributed by atoms with Crippen molar-refractivity contribution in [2.45, 2.75) is 19.3 Å². The van der Waals surface area contributed by atoms with E-state index >= 15 is 0 Å². The highest BCUT2D eigenvalue weighted by atomic mass is 35.5. The molecule has 0 saturated heterocycles. The van der Waals surface area contributed by atoms with E-state index in [0.717, 1.165) is 11.0 Å². The maximum atomic E-state index is 11.5. The molecule has 6 heteroatoms. The van der Waals surface area contributed by atoms with Crippen molar-refractivity contribution in [1.82, 2.24) is 9.55 Å². The fourth-order valence-electron chi connectivity index (χ4n) is 1.77. The van der Waals surface area contributed by atoms with Crippen LogP contribution >= 0.6 is 23.2 Å². The molecule has 0 atom stereocenters. The zero-order valence-corrected chi connectivity index (χ0v) is 11.3. The van der Waals surface area contributed by atoms with Crippen molar-refractivity contribution in [1.29, 1.82) is 0 Å². The molecule has 0 aliphatic carbocycles. The molecule has 0 spiro atoms. The van der Waals surface area contributed by atoms with E-state index in [1.807, 2.05) is 6.07 Å². The number of carbonyl (C=O) groups is 1. The predicted molar refractivity (Wildman–Crippen MR) is 70.9 cm³/mol. The van der Waals surface area contributed by atoms with Gasteiger partial charge in [0, 0.05) is 5.02 Å². The van der Waals surface area contributed by atoms with E-state index < -0.39 is 0 Å². The molecule has 0 fully saturated rings. The van der Waals surface area contributed by atoms with E-state index in [9.17, 15) is 4.79 Å². The number of rotatable bonds is 4. The van der Waals surface area contributed by atoms with Gasteiger partial charge in [-0.2, -0.15) is 0 Å². The lowest BCUT2D eigenvalue weighted by Crippen LogP contribution is -2.15. The Morgan fingerprint density at radius 1 is 1.50 bits per heavy atom. The fraction of sp³-hybridized carbons (Fsp3) is 0.333. The lowest BCUT2D eigenvalue weighted by Gasteiger charge is -2.06. The Kier molecular flexibility index (Phi) is 4.09. The number of alkyl halides is 1. The number of benzene rings is 1. The summed E-state index contributed by atoms with van der Waals surface area (Å²) < 4.78 is 6.68. The van der Waals surface area contributed by atoms with Crippen LogP contribution in [0.5, 0.6) is 0 Å². The molecule has 0 radical (unpaired) electrons. The molecule has 0 saturated carbocycles. The van der Waals surface area contributed by atoms with Gasteiger partial charge in [-0.3, -0.25) is 4.79 Å². The van der Waals surface area contributed by atoms with Crippen LogP contribution in [0.15, 0.2) is 18.2 Å². The van der Waals surface area contributed by atoms with Crippen molar-refractivity contribution in [2.75, 3.05) is 6.61 Å². The molecule has 1 aromatic carbocycles. The minimum atomic E-state index is -0.307. The van der Waals surface area contributed by atoms with Crippen molar-refractivity contribution in [3.05, 3.63) is 29.0 Å². The first-order valence-corrected chi connectivity index (χ1v) is 6.43. The molecular formula is C12H12Cl2N2O2. The molecule has 0 aliphatic rings. The van der Waals surface area contributed by atoms with Gasteiger partial charge in [-0.1, -0.05) is 11.6 Å². The Morgan fingerprint density at radius 3 is 2.94 bits per heavy atom. The Bertz CT molecular complexity index is 581. The second-order valence-corrected chi connectivity index (χ2v) is 4.39. The Balaban J connectivity index is 2.43. The Labute approximate surface area is 114 Å². The third kappa shape index (κ3) is 2.60. The normalized spacial score (nSPS) is 10.8. The number of aromatic nitrogens is 2. The summed E-state index contributed by atoms with van der Waals surface area (Å²) in [6.45, 7) is 2.23. The maximum Gasteiger partial charge on any atom is 0.326 e. The monoisotopic (exact) mass is 286 g/mol. The zero-order valence-electron chi connectivity index (χ0n) is 9.82. The van der Waals surface area contributed by atoms with Gasteiger partial charge in [0.25, 0.3) is 0 Å². The summed E-state index contributed by atoms with van der Waals surface area (Å²) in [5.74, 6) is 0.547. The molecule has 0 unspecified atom stereocenters. The summed E-state index contributed by atoms with van der Waals surface area (Å²) in [4.78, 5) is 15.9. The lowest BCUT2D eigenvalue weighted by molar-refractivity contribution is -0.143. The molecule has 0 aliphatic heterocycles. The van der Waals surface area contributed by atoms with Gasteiger partial charge in [-0.15, -0.1) is 11.6 Å². The zero-order chi connectivity index (χ0) is 13.1. The summed E-state index contributed by atoms with van der Waals surface area (Å²) in [6.07, 6.45) is 0. The topological polar surface area (TPSA) is 44.1 Å². The van der Waals surface area contributed by atoms with Crippen LogP contribution in [0.3, 0.4) is 0 Å². The minimum Gasteiger partial charge on any atom is -0.465 e. The van der Waals surface area contributed by atoms with E-state index in [1.54, 1.807) is 23.6 Å². The largest absolute Gasteiger partial charge is 0.465 e. The molecule has 0 N–H and O–H groups in total. The molecular weight excluding hydrogens is 275 g/mol. The van der Waals surface area contributed by atoms with Gasteiger partial charge in [0.15, 0.2) is 0 Å². The fourth-order valence-corrected chi connectivity index (χ4v) is 2.14. The molecule has 96 valence electrons. The SMILES string of the molecule is CCOC(=O)Cn1c(CCl)nc2cc(Cl)ccc21. The maximum absolute atomic E-state index is 11.5. The van der Waals surface area contributed by atoms with Crippen LogP contribution in [0, 0.1) is 0 Å². The first kappa shape index (κ1) is 13.2. The second-order valence-electron chi connectivity index (χ2n) is 3.69. The summed E-state index contributed by atoms with van der Waals surface area (Å²) in [6, 6.07) is 5.32. The number of halogens is 2. The van der Waals surface area contributed by atoms with Gasteiger partial charge in [0.1, 0.15) is 12.4 Å². The quantitative estimate of drug-likeness (QED) is 0.641. The van der Waals surface area contributed by atoms with Gasteiger partial charge in [-0.25, -0.2) is 4.98 Å². The number of nitrogens with zero attached hydrogens (tertiary/aromatic N) is 2. The van der Waals surface area contributed by atoms with Gasteiger partial charge >= 0.3 is 5.97 Å². The predicted octanol–water partition coefficient (Wildman–Crippen LogP) is 2.99. The molecule has 4 nitrogen and oxygen atoms in total. The van der Waals surface area contributed by atoms with Gasteiger partial charge in [-0.05, 0) is 25.1 Å². The van der Waals surface area contributed by atoms with Crippen LogP contribution in [0.2, 0.25) is 5.02 Å². The van der Waals surface area contributed by atoms with E-state index in [1.165, 1.54) is 0 Å². The number of ether oxygens (including phenoxy) is 1. The third-order valence-electron chi connectivity index (χ3n) is 2.50. The highest BCUT2D eigenvalue weighted by Crippen LogP contribution is 2.21. The van der Waals surface area contributed by atoms with Crippen molar-refractivity contribution >= 4 is 40.2 Å². The average Bonchev–Trinajstić information content (AvgIpc) is 2.66. The van der Waals surface area contributed by atoms with Crippen LogP contribution in [0.4, 0.5) is 0 Å². The van der Waals surface area contributed by atoms with Gasteiger partial charge in [0.05, 0.1) is 23.5 Å². The molecule has 1 aromatic heterocycles. The standard InChI is InChI=1S/C12H12Cl2N2O2/c1-2-18-12(17)7-16-10-4-3-8(14)5-9(10)15-11(16)6-13/h3-5H,2,6-7H2,1H3. The molecule has 0 bridgehead atoms.